The van der Waals surface area contributed by atoms with Crippen LogP contribution in [-0.4, -0.2) is 63.5 Å². The lowest BCUT2D eigenvalue weighted by molar-refractivity contribution is -0.125. The summed E-state index contributed by atoms with van der Waals surface area (Å²) in [5.74, 6) is 0.0257. The molecule has 0 bridgehead atoms. The molecule has 104 valence electrons. The maximum atomic E-state index is 12.0. The van der Waals surface area contributed by atoms with Gasteiger partial charge < -0.3 is 25.4 Å². The Morgan fingerprint density at radius 2 is 2.33 bits per heavy atom. The van der Waals surface area contributed by atoms with Crippen molar-refractivity contribution in [2.24, 2.45) is 0 Å². The average molecular weight is 257 g/mol. The third kappa shape index (κ3) is 3.20. The number of rotatable bonds is 4. The SMILES string of the molecule is COC1(CNC(=O)C2CNC(C)CN2)CCOC1. The molecule has 2 heterocycles. The van der Waals surface area contributed by atoms with Crippen molar-refractivity contribution < 1.29 is 14.3 Å². The Bertz CT molecular complexity index is 284. The van der Waals surface area contributed by atoms with E-state index in [4.69, 9.17) is 9.47 Å². The largest absolute Gasteiger partial charge is 0.378 e. The van der Waals surface area contributed by atoms with Gasteiger partial charge in [0.2, 0.25) is 5.91 Å². The van der Waals surface area contributed by atoms with Crippen LogP contribution in [0.3, 0.4) is 0 Å². The predicted octanol–water partition coefficient (Wildman–Crippen LogP) is -1.14. The van der Waals surface area contributed by atoms with E-state index in [-0.39, 0.29) is 17.6 Å². The number of carbonyl (C=O) groups excluding carboxylic acids is 1. The molecule has 1 amide bonds. The monoisotopic (exact) mass is 257 g/mol. The quantitative estimate of drug-likeness (QED) is 0.594. The van der Waals surface area contributed by atoms with E-state index in [0.29, 0.717) is 32.3 Å². The molecule has 0 aromatic carbocycles. The van der Waals surface area contributed by atoms with E-state index in [1.807, 2.05) is 0 Å². The summed E-state index contributed by atoms with van der Waals surface area (Å²) in [5, 5.41) is 9.47. The maximum absolute atomic E-state index is 12.0. The fourth-order valence-electron chi connectivity index (χ4n) is 2.30. The molecule has 18 heavy (non-hydrogen) atoms. The molecule has 2 saturated heterocycles. The lowest BCUT2D eigenvalue weighted by Gasteiger charge is -2.30. The van der Waals surface area contributed by atoms with Crippen molar-refractivity contribution in [1.82, 2.24) is 16.0 Å². The van der Waals surface area contributed by atoms with Crippen molar-refractivity contribution in [2.45, 2.75) is 31.0 Å². The van der Waals surface area contributed by atoms with Crippen molar-refractivity contribution in [3.63, 3.8) is 0 Å². The highest BCUT2D eigenvalue weighted by atomic mass is 16.5. The van der Waals surface area contributed by atoms with Gasteiger partial charge in [0.15, 0.2) is 0 Å². The van der Waals surface area contributed by atoms with Crippen molar-refractivity contribution >= 4 is 5.91 Å². The van der Waals surface area contributed by atoms with Gasteiger partial charge in [-0.1, -0.05) is 0 Å². The molecule has 6 nitrogen and oxygen atoms in total. The summed E-state index contributed by atoms with van der Waals surface area (Å²) >= 11 is 0. The van der Waals surface area contributed by atoms with Gasteiger partial charge in [-0.2, -0.15) is 0 Å². The van der Waals surface area contributed by atoms with Crippen LogP contribution in [0.4, 0.5) is 0 Å². The molecule has 0 spiro atoms. The highest BCUT2D eigenvalue weighted by Crippen LogP contribution is 2.21. The highest BCUT2D eigenvalue weighted by Gasteiger charge is 2.36. The number of amides is 1. The Balaban J connectivity index is 1.77. The minimum absolute atomic E-state index is 0.0257. The van der Waals surface area contributed by atoms with Gasteiger partial charge in [0.25, 0.3) is 0 Å². The fourth-order valence-corrected chi connectivity index (χ4v) is 2.30. The highest BCUT2D eigenvalue weighted by molar-refractivity contribution is 5.82. The van der Waals surface area contributed by atoms with Crippen LogP contribution in [0.5, 0.6) is 0 Å². The molecule has 6 heteroatoms. The zero-order valence-corrected chi connectivity index (χ0v) is 11.1. The summed E-state index contributed by atoms with van der Waals surface area (Å²) < 4.78 is 10.8. The molecular weight excluding hydrogens is 234 g/mol. The molecule has 0 aromatic heterocycles. The molecule has 0 aromatic rings. The molecule has 3 unspecified atom stereocenters. The minimum Gasteiger partial charge on any atom is -0.378 e. The molecule has 2 aliphatic heterocycles. The molecule has 2 fully saturated rings. The predicted molar refractivity (Wildman–Crippen MR) is 67.4 cm³/mol. The number of methoxy groups -OCH3 is 1. The number of ether oxygens (including phenoxy) is 2. The Morgan fingerprint density at radius 3 is 2.89 bits per heavy atom. The summed E-state index contributed by atoms with van der Waals surface area (Å²) in [6, 6.07) is 0.264. The van der Waals surface area contributed by atoms with Gasteiger partial charge in [-0.15, -0.1) is 0 Å². The number of carbonyl (C=O) groups is 1. The minimum atomic E-state index is -0.342. The normalized spacial score (nSPS) is 36.6. The van der Waals surface area contributed by atoms with Gasteiger partial charge in [0, 0.05) is 45.8 Å². The zero-order chi connectivity index (χ0) is 13.0. The Kier molecular flexibility index (Phi) is 4.55. The van der Waals surface area contributed by atoms with Crippen molar-refractivity contribution in [3.05, 3.63) is 0 Å². The molecular formula is C12H23N3O3. The molecule has 3 N–H and O–H groups in total. The lowest BCUT2D eigenvalue weighted by atomic mass is 10.0. The standard InChI is InChI=1S/C12H23N3O3/c1-9-5-14-10(6-13-9)11(16)15-7-12(17-2)3-4-18-8-12/h9-10,13-14H,3-8H2,1-2H3,(H,15,16). The lowest BCUT2D eigenvalue weighted by Crippen LogP contribution is -2.60. The summed E-state index contributed by atoms with van der Waals surface area (Å²) in [4.78, 5) is 12.0. The van der Waals surface area contributed by atoms with Crippen molar-refractivity contribution in [2.75, 3.05) is 40.0 Å². The van der Waals surface area contributed by atoms with E-state index in [2.05, 4.69) is 22.9 Å². The molecule has 2 aliphatic rings. The second-order valence-electron chi connectivity index (χ2n) is 5.18. The van der Waals surface area contributed by atoms with Crippen molar-refractivity contribution in [1.29, 1.82) is 0 Å². The summed E-state index contributed by atoms with van der Waals surface area (Å²) in [6.07, 6.45) is 0.831. The van der Waals surface area contributed by atoms with Gasteiger partial charge >= 0.3 is 0 Å². The smallest absolute Gasteiger partial charge is 0.238 e. The fraction of sp³-hybridized carbons (Fsp3) is 0.917. The summed E-state index contributed by atoms with van der Waals surface area (Å²) in [6.45, 7) is 5.34. The van der Waals surface area contributed by atoms with E-state index in [9.17, 15) is 4.79 Å². The average Bonchev–Trinajstić information content (AvgIpc) is 2.86. The van der Waals surface area contributed by atoms with E-state index in [0.717, 1.165) is 13.0 Å². The van der Waals surface area contributed by atoms with Crippen LogP contribution in [0.1, 0.15) is 13.3 Å². The maximum Gasteiger partial charge on any atom is 0.238 e. The third-order valence-electron chi connectivity index (χ3n) is 3.74. The number of piperazine rings is 1. The van der Waals surface area contributed by atoms with Crippen molar-refractivity contribution in [3.8, 4) is 0 Å². The van der Waals surface area contributed by atoms with E-state index >= 15 is 0 Å². The molecule has 0 aliphatic carbocycles. The third-order valence-corrected chi connectivity index (χ3v) is 3.74. The van der Waals surface area contributed by atoms with Crippen LogP contribution >= 0.6 is 0 Å². The molecule has 0 radical (unpaired) electrons. The Morgan fingerprint density at radius 1 is 1.50 bits per heavy atom. The van der Waals surface area contributed by atoms with Crippen LogP contribution < -0.4 is 16.0 Å². The van der Waals surface area contributed by atoms with Gasteiger partial charge in [0.1, 0.15) is 5.60 Å². The van der Waals surface area contributed by atoms with Crippen LogP contribution in [0.15, 0.2) is 0 Å². The van der Waals surface area contributed by atoms with Crippen LogP contribution in [0.2, 0.25) is 0 Å². The Labute approximate surface area is 108 Å². The molecule has 0 saturated carbocycles. The number of hydrogen-bond acceptors (Lipinski definition) is 5. The van der Waals surface area contributed by atoms with Crippen LogP contribution in [0.25, 0.3) is 0 Å². The topological polar surface area (TPSA) is 71.6 Å². The zero-order valence-electron chi connectivity index (χ0n) is 11.1. The first-order chi connectivity index (χ1) is 8.65. The first kappa shape index (κ1) is 13.7. The second kappa shape index (κ2) is 5.97. The first-order valence-corrected chi connectivity index (χ1v) is 6.53. The van der Waals surface area contributed by atoms with E-state index in [1.165, 1.54) is 0 Å². The number of hydrogen-bond donors (Lipinski definition) is 3. The summed E-state index contributed by atoms with van der Waals surface area (Å²) in [7, 11) is 1.67. The second-order valence-corrected chi connectivity index (χ2v) is 5.18. The number of nitrogens with one attached hydrogen (secondary N) is 3. The van der Waals surface area contributed by atoms with Gasteiger partial charge in [-0.05, 0) is 6.92 Å². The Hall–Kier alpha value is -0.690. The van der Waals surface area contributed by atoms with Crippen LogP contribution in [0, 0.1) is 0 Å². The molecule has 3 atom stereocenters. The van der Waals surface area contributed by atoms with Gasteiger partial charge in [0.05, 0.1) is 12.6 Å². The van der Waals surface area contributed by atoms with Gasteiger partial charge in [-0.3, -0.25) is 4.79 Å². The van der Waals surface area contributed by atoms with Crippen LogP contribution in [-0.2, 0) is 14.3 Å². The van der Waals surface area contributed by atoms with E-state index < -0.39 is 0 Å². The van der Waals surface area contributed by atoms with Gasteiger partial charge in [-0.25, -0.2) is 0 Å². The molecule has 2 rings (SSSR count). The first-order valence-electron chi connectivity index (χ1n) is 6.53. The summed E-state index contributed by atoms with van der Waals surface area (Å²) in [5.41, 5.74) is -0.342. The van der Waals surface area contributed by atoms with E-state index in [1.54, 1.807) is 7.11 Å².